The van der Waals surface area contributed by atoms with Crippen molar-refractivity contribution >= 4 is 29.1 Å². The van der Waals surface area contributed by atoms with Gasteiger partial charge in [-0.2, -0.15) is 0 Å². The van der Waals surface area contributed by atoms with Crippen LogP contribution in [0.2, 0.25) is 10.0 Å². The normalized spacial score (nSPS) is 21.5. The summed E-state index contributed by atoms with van der Waals surface area (Å²) in [5.74, 6) is 0.663. The number of carbonyl (C=O) groups excluding carboxylic acids is 1. The molecule has 0 aromatic heterocycles. The van der Waals surface area contributed by atoms with Gasteiger partial charge in [0.25, 0.3) is 0 Å². The third-order valence-electron chi connectivity index (χ3n) is 4.84. The Kier molecular flexibility index (Phi) is 4.17. The molecule has 1 unspecified atom stereocenters. The first-order valence-corrected chi connectivity index (χ1v) is 8.28. The number of rotatable bonds is 5. The highest BCUT2D eigenvalue weighted by Gasteiger charge is 2.46. The Labute approximate surface area is 135 Å². The number of halogens is 2. The fourth-order valence-corrected chi connectivity index (χ4v) is 3.34. The SMILES string of the molecule is NC(CNC(=O)C1(c2ccc(Cl)c(Cl)c2)CCC1)C1CC1. The van der Waals surface area contributed by atoms with E-state index in [-0.39, 0.29) is 11.9 Å². The van der Waals surface area contributed by atoms with E-state index >= 15 is 0 Å². The van der Waals surface area contributed by atoms with Gasteiger partial charge in [0.2, 0.25) is 5.91 Å². The first-order valence-electron chi connectivity index (χ1n) is 7.52. The highest BCUT2D eigenvalue weighted by Crippen LogP contribution is 2.45. The monoisotopic (exact) mass is 326 g/mol. The molecule has 0 bridgehead atoms. The smallest absolute Gasteiger partial charge is 0.230 e. The Bertz CT molecular complexity index is 553. The van der Waals surface area contributed by atoms with Crippen LogP contribution in [0.25, 0.3) is 0 Å². The standard InChI is InChI=1S/C16H20Cl2N2O/c17-12-5-4-11(8-13(12)18)16(6-1-7-16)15(21)20-9-14(19)10-2-3-10/h4-5,8,10,14H,1-3,6-7,9,19H2,(H,20,21). The minimum Gasteiger partial charge on any atom is -0.354 e. The lowest BCUT2D eigenvalue weighted by atomic mass is 9.64. The van der Waals surface area contributed by atoms with Crippen LogP contribution in [0.5, 0.6) is 0 Å². The molecule has 0 saturated heterocycles. The van der Waals surface area contributed by atoms with Crippen molar-refractivity contribution in [3.8, 4) is 0 Å². The van der Waals surface area contributed by atoms with E-state index in [0.29, 0.717) is 22.5 Å². The summed E-state index contributed by atoms with van der Waals surface area (Å²) in [6.07, 6.45) is 5.15. The number of carbonyl (C=O) groups is 1. The third-order valence-corrected chi connectivity index (χ3v) is 5.58. The quantitative estimate of drug-likeness (QED) is 0.872. The van der Waals surface area contributed by atoms with Crippen molar-refractivity contribution in [2.75, 3.05) is 6.54 Å². The van der Waals surface area contributed by atoms with E-state index in [1.165, 1.54) is 12.8 Å². The van der Waals surface area contributed by atoms with Crippen LogP contribution in [0.3, 0.4) is 0 Å². The number of nitrogens with one attached hydrogen (secondary N) is 1. The van der Waals surface area contributed by atoms with Crippen LogP contribution in [0, 0.1) is 5.92 Å². The maximum absolute atomic E-state index is 12.6. The van der Waals surface area contributed by atoms with Gasteiger partial charge in [-0.3, -0.25) is 4.79 Å². The zero-order valence-corrected chi connectivity index (χ0v) is 13.4. The van der Waals surface area contributed by atoms with Gasteiger partial charge in [0.05, 0.1) is 15.5 Å². The number of amides is 1. The van der Waals surface area contributed by atoms with Gasteiger partial charge >= 0.3 is 0 Å². The molecule has 114 valence electrons. The van der Waals surface area contributed by atoms with Crippen molar-refractivity contribution in [2.24, 2.45) is 11.7 Å². The first kappa shape index (κ1) is 15.1. The number of hydrogen-bond acceptors (Lipinski definition) is 2. The fourth-order valence-electron chi connectivity index (χ4n) is 3.04. The van der Waals surface area contributed by atoms with Gasteiger partial charge in [0, 0.05) is 12.6 Å². The molecular weight excluding hydrogens is 307 g/mol. The molecule has 1 aromatic rings. The lowest BCUT2D eigenvalue weighted by Gasteiger charge is -2.41. The van der Waals surface area contributed by atoms with Gasteiger partial charge < -0.3 is 11.1 Å². The van der Waals surface area contributed by atoms with E-state index in [1.807, 2.05) is 12.1 Å². The molecule has 3 rings (SSSR count). The molecule has 1 aromatic carbocycles. The molecule has 2 fully saturated rings. The molecule has 0 spiro atoms. The molecule has 1 amide bonds. The van der Waals surface area contributed by atoms with Gasteiger partial charge in [0.15, 0.2) is 0 Å². The van der Waals surface area contributed by atoms with Gasteiger partial charge in [-0.1, -0.05) is 35.7 Å². The van der Waals surface area contributed by atoms with E-state index in [0.717, 1.165) is 24.8 Å². The fraction of sp³-hybridized carbons (Fsp3) is 0.562. The second-order valence-electron chi connectivity index (χ2n) is 6.28. The lowest BCUT2D eigenvalue weighted by Crippen LogP contribution is -2.51. The van der Waals surface area contributed by atoms with Crippen LogP contribution in [0.1, 0.15) is 37.7 Å². The third kappa shape index (κ3) is 2.92. The Morgan fingerprint density at radius 2 is 2.05 bits per heavy atom. The second kappa shape index (κ2) is 5.79. The van der Waals surface area contributed by atoms with Gasteiger partial charge in [-0.25, -0.2) is 0 Å². The van der Waals surface area contributed by atoms with Crippen molar-refractivity contribution in [3.63, 3.8) is 0 Å². The molecule has 1 atom stereocenters. The number of nitrogens with two attached hydrogens (primary N) is 1. The number of hydrogen-bond donors (Lipinski definition) is 2. The molecular formula is C16H20Cl2N2O. The van der Waals surface area contributed by atoms with E-state index in [9.17, 15) is 4.79 Å². The Hall–Kier alpha value is -0.770. The van der Waals surface area contributed by atoms with E-state index in [1.54, 1.807) is 6.07 Å². The summed E-state index contributed by atoms with van der Waals surface area (Å²) < 4.78 is 0. The highest BCUT2D eigenvalue weighted by molar-refractivity contribution is 6.42. The van der Waals surface area contributed by atoms with Crippen molar-refractivity contribution in [1.82, 2.24) is 5.32 Å². The van der Waals surface area contributed by atoms with E-state index in [2.05, 4.69) is 5.32 Å². The summed E-state index contributed by atoms with van der Waals surface area (Å²) in [5, 5.41) is 4.06. The Morgan fingerprint density at radius 1 is 1.33 bits per heavy atom. The zero-order chi connectivity index (χ0) is 15.0. The molecule has 21 heavy (non-hydrogen) atoms. The topological polar surface area (TPSA) is 55.1 Å². The minimum atomic E-state index is -0.447. The average Bonchev–Trinajstić information content (AvgIpc) is 3.23. The molecule has 3 N–H and O–H groups in total. The molecule has 2 saturated carbocycles. The van der Waals surface area contributed by atoms with Crippen LogP contribution in [0.15, 0.2) is 18.2 Å². The largest absolute Gasteiger partial charge is 0.354 e. The van der Waals surface area contributed by atoms with Crippen molar-refractivity contribution in [2.45, 2.75) is 43.6 Å². The van der Waals surface area contributed by atoms with Gasteiger partial charge in [-0.05, 0) is 49.3 Å². The van der Waals surface area contributed by atoms with Crippen molar-refractivity contribution in [3.05, 3.63) is 33.8 Å². The lowest BCUT2D eigenvalue weighted by molar-refractivity contribution is -0.130. The molecule has 3 nitrogen and oxygen atoms in total. The van der Waals surface area contributed by atoms with Crippen molar-refractivity contribution in [1.29, 1.82) is 0 Å². The van der Waals surface area contributed by atoms with Gasteiger partial charge in [0.1, 0.15) is 0 Å². The first-order chi connectivity index (χ1) is 10.0. The molecule has 0 radical (unpaired) electrons. The van der Waals surface area contributed by atoms with Crippen LogP contribution < -0.4 is 11.1 Å². The van der Waals surface area contributed by atoms with Crippen LogP contribution in [-0.2, 0) is 10.2 Å². The Balaban J connectivity index is 1.72. The zero-order valence-electron chi connectivity index (χ0n) is 11.9. The molecule has 2 aliphatic carbocycles. The average molecular weight is 327 g/mol. The van der Waals surface area contributed by atoms with Crippen molar-refractivity contribution < 1.29 is 4.79 Å². The maximum atomic E-state index is 12.6. The number of benzene rings is 1. The van der Waals surface area contributed by atoms with Gasteiger partial charge in [-0.15, -0.1) is 0 Å². The minimum absolute atomic E-state index is 0.0724. The predicted molar refractivity (Wildman–Crippen MR) is 85.7 cm³/mol. The van der Waals surface area contributed by atoms with E-state index < -0.39 is 5.41 Å². The molecule has 0 aliphatic heterocycles. The highest BCUT2D eigenvalue weighted by atomic mass is 35.5. The summed E-state index contributed by atoms with van der Waals surface area (Å²) in [5.41, 5.74) is 6.57. The molecule has 5 heteroatoms. The van der Waals surface area contributed by atoms with Crippen LogP contribution in [-0.4, -0.2) is 18.5 Å². The summed E-state index contributed by atoms with van der Waals surface area (Å²) in [4.78, 5) is 12.6. The summed E-state index contributed by atoms with van der Waals surface area (Å²) in [7, 11) is 0. The van der Waals surface area contributed by atoms with E-state index in [4.69, 9.17) is 28.9 Å². The maximum Gasteiger partial charge on any atom is 0.230 e. The second-order valence-corrected chi connectivity index (χ2v) is 7.09. The Morgan fingerprint density at radius 3 is 2.57 bits per heavy atom. The summed E-state index contributed by atoms with van der Waals surface area (Å²) in [6, 6.07) is 5.58. The van der Waals surface area contributed by atoms with Crippen LogP contribution in [0.4, 0.5) is 0 Å². The predicted octanol–water partition coefficient (Wildman–Crippen LogP) is 3.27. The molecule has 2 aliphatic rings. The molecule has 0 heterocycles. The summed E-state index contributed by atoms with van der Waals surface area (Å²) in [6.45, 7) is 0.562. The summed E-state index contributed by atoms with van der Waals surface area (Å²) >= 11 is 12.1. The van der Waals surface area contributed by atoms with Crippen LogP contribution >= 0.6 is 23.2 Å².